The Hall–Kier alpha value is -2.17. The predicted molar refractivity (Wildman–Crippen MR) is 61.5 cm³/mol. The third kappa shape index (κ3) is 2.56. The van der Waals surface area contributed by atoms with Gasteiger partial charge in [0, 0.05) is 17.3 Å². The van der Waals surface area contributed by atoms with Crippen LogP contribution in [-0.4, -0.2) is 0 Å². The lowest BCUT2D eigenvalue weighted by molar-refractivity contribution is 0.284. The predicted octanol–water partition coefficient (Wildman–Crippen LogP) is 3.27. The van der Waals surface area contributed by atoms with Gasteiger partial charge in [0.1, 0.15) is 18.2 Å². The second-order valence-corrected chi connectivity index (χ2v) is 3.67. The van der Waals surface area contributed by atoms with Gasteiger partial charge >= 0.3 is 0 Å². The number of nitrogen functional groups attached to an aromatic ring is 1. The van der Waals surface area contributed by atoms with Crippen LogP contribution in [0.4, 0.5) is 18.9 Å². The van der Waals surface area contributed by atoms with Crippen LogP contribution in [0.5, 0.6) is 5.75 Å². The highest BCUT2D eigenvalue weighted by atomic mass is 19.1. The van der Waals surface area contributed by atoms with Gasteiger partial charge in [0.2, 0.25) is 0 Å². The zero-order valence-electron chi connectivity index (χ0n) is 9.29. The highest BCUT2D eigenvalue weighted by Gasteiger charge is 2.09. The van der Waals surface area contributed by atoms with Crippen LogP contribution < -0.4 is 10.5 Å². The summed E-state index contributed by atoms with van der Waals surface area (Å²) in [5, 5.41) is 0. The van der Waals surface area contributed by atoms with E-state index in [1.54, 1.807) is 0 Å². The van der Waals surface area contributed by atoms with E-state index in [4.69, 9.17) is 10.5 Å². The summed E-state index contributed by atoms with van der Waals surface area (Å²) in [6, 6.07) is 6.99. The highest BCUT2D eigenvalue weighted by Crippen LogP contribution is 2.22. The topological polar surface area (TPSA) is 35.2 Å². The third-order valence-corrected chi connectivity index (χ3v) is 2.42. The molecule has 0 unspecified atom stereocenters. The Morgan fingerprint density at radius 1 is 1.00 bits per heavy atom. The molecule has 0 aromatic heterocycles. The maximum absolute atomic E-state index is 13.4. The Labute approximate surface area is 102 Å². The standard InChI is InChI=1S/C13H10F3NO/c14-8-4-5-11(16)13(6-8)18-7-9-10(15)2-1-3-12(9)17/h1-6H,7,17H2. The van der Waals surface area contributed by atoms with E-state index >= 15 is 0 Å². The molecule has 94 valence electrons. The lowest BCUT2D eigenvalue weighted by Crippen LogP contribution is -2.04. The second kappa shape index (κ2) is 5.00. The van der Waals surface area contributed by atoms with E-state index in [-0.39, 0.29) is 23.6 Å². The van der Waals surface area contributed by atoms with Gasteiger partial charge in [-0.05, 0) is 24.3 Å². The monoisotopic (exact) mass is 253 g/mol. The molecule has 0 spiro atoms. The molecule has 0 amide bonds. The fraction of sp³-hybridized carbons (Fsp3) is 0.0769. The van der Waals surface area contributed by atoms with E-state index < -0.39 is 17.5 Å². The Kier molecular flexibility index (Phi) is 3.41. The van der Waals surface area contributed by atoms with Gasteiger partial charge in [-0.1, -0.05) is 6.07 Å². The van der Waals surface area contributed by atoms with E-state index in [0.717, 1.165) is 18.2 Å². The van der Waals surface area contributed by atoms with Crippen molar-refractivity contribution in [2.75, 3.05) is 5.73 Å². The summed E-state index contributed by atoms with van der Waals surface area (Å²) >= 11 is 0. The summed E-state index contributed by atoms with van der Waals surface area (Å²) in [6.45, 7) is -0.265. The molecule has 18 heavy (non-hydrogen) atoms. The Bertz CT molecular complexity index is 552. The van der Waals surface area contributed by atoms with Crippen LogP contribution in [0.25, 0.3) is 0 Å². The zero-order chi connectivity index (χ0) is 13.1. The molecule has 2 aromatic rings. The van der Waals surface area contributed by atoms with Gasteiger partial charge in [0.25, 0.3) is 0 Å². The van der Waals surface area contributed by atoms with E-state index in [1.165, 1.54) is 18.2 Å². The minimum absolute atomic E-state index is 0.112. The first kappa shape index (κ1) is 12.3. The quantitative estimate of drug-likeness (QED) is 0.852. The number of ether oxygens (including phenoxy) is 1. The summed E-state index contributed by atoms with van der Waals surface area (Å²) < 4.78 is 44.6. The van der Waals surface area contributed by atoms with Crippen LogP contribution in [0.2, 0.25) is 0 Å². The number of hydrogen-bond acceptors (Lipinski definition) is 2. The molecule has 0 radical (unpaired) electrons. The first-order valence-electron chi connectivity index (χ1n) is 5.18. The first-order chi connectivity index (χ1) is 8.58. The van der Waals surface area contributed by atoms with Crippen molar-refractivity contribution in [1.82, 2.24) is 0 Å². The fourth-order valence-corrected chi connectivity index (χ4v) is 1.47. The summed E-state index contributed by atoms with van der Waals surface area (Å²) in [6.07, 6.45) is 0. The molecule has 0 heterocycles. The lowest BCUT2D eigenvalue weighted by atomic mass is 10.2. The van der Waals surface area contributed by atoms with Crippen LogP contribution in [0.15, 0.2) is 36.4 Å². The van der Waals surface area contributed by atoms with Crippen molar-refractivity contribution >= 4 is 5.69 Å². The molecule has 0 bridgehead atoms. The van der Waals surface area contributed by atoms with Gasteiger partial charge in [0.05, 0.1) is 0 Å². The second-order valence-electron chi connectivity index (χ2n) is 3.67. The molecule has 0 saturated carbocycles. The molecule has 2 N–H and O–H groups in total. The van der Waals surface area contributed by atoms with E-state index in [9.17, 15) is 13.2 Å². The van der Waals surface area contributed by atoms with Crippen molar-refractivity contribution in [3.8, 4) is 5.75 Å². The SMILES string of the molecule is Nc1cccc(F)c1COc1cc(F)ccc1F. The number of benzene rings is 2. The van der Waals surface area contributed by atoms with Gasteiger partial charge < -0.3 is 10.5 Å². The molecule has 0 aliphatic heterocycles. The average molecular weight is 253 g/mol. The molecule has 0 saturated heterocycles. The van der Waals surface area contributed by atoms with Crippen LogP contribution >= 0.6 is 0 Å². The molecule has 0 atom stereocenters. The third-order valence-electron chi connectivity index (χ3n) is 2.42. The van der Waals surface area contributed by atoms with Gasteiger partial charge in [0.15, 0.2) is 11.6 Å². The van der Waals surface area contributed by atoms with E-state index in [0.29, 0.717) is 0 Å². The fourth-order valence-electron chi connectivity index (χ4n) is 1.47. The van der Waals surface area contributed by atoms with Gasteiger partial charge in [-0.15, -0.1) is 0 Å². The van der Waals surface area contributed by atoms with E-state index in [1.807, 2.05) is 0 Å². The molecule has 0 aliphatic carbocycles. The average Bonchev–Trinajstić information content (AvgIpc) is 2.33. The van der Waals surface area contributed by atoms with Crippen LogP contribution in [-0.2, 0) is 6.61 Å². The molecular formula is C13H10F3NO. The number of halogens is 3. The Morgan fingerprint density at radius 3 is 2.50 bits per heavy atom. The Balaban J connectivity index is 2.19. The van der Waals surface area contributed by atoms with Crippen molar-refractivity contribution < 1.29 is 17.9 Å². The molecule has 2 rings (SSSR count). The van der Waals surface area contributed by atoms with Crippen molar-refractivity contribution in [2.45, 2.75) is 6.61 Å². The lowest BCUT2D eigenvalue weighted by Gasteiger charge is -2.10. The van der Waals surface area contributed by atoms with Crippen LogP contribution in [0.1, 0.15) is 5.56 Å². The minimum atomic E-state index is -0.716. The summed E-state index contributed by atoms with van der Waals surface area (Å²) in [5.41, 5.74) is 5.88. The van der Waals surface area contributed by atoms with Gasteiger partial charge in [-0.3, -0.25) is 0 Å². The van der Waals surface area contributed by atoms with Crippen LogP contribution in [0, 0.1) is 17.5 Å². The maximum atomic E-state index is 13.4. The zero-order valence-corrected chi connectivity index (χ0v) is 9.29. The van der Waals surface area contributed by atoms with Gasteiger partial charge in [-0.2, -0.15) is 0 Å². The number of nitrogens with two attached hydrogens (primary N) is 1. The molecule has 5 heteroatoms. The molecule has 2 aromatic carbocycles. The normalized spacial score (nSPS) is 10.4. The summed E-state index contributed by atoms with van der Waals surface area (Å²) in [4.78, 5) is 0. The van der Waals surface area contributed by atoms with Crippen molar-refractivity contribution in [3.05, 3.63) is 59.4 Å². The van der Waals surface area contributed by atoms with Gasteiger partial charge in [-0.25, -0.2) is 13.2 Å². The van der Waals surface area contributed by atoms with Crippen molar-refractivity contribution in [2.24, 2.45) is 0 Å². The number of rotatable bonds is 3. The smallest absolute Gasteiger partial charge is 0.165 e. The summed E-state index contributed by atoms with van der Waals surface area (Å²) in [7, 11) is 0. The minimum Gasteiger partial charge on any atom is -0.486 e. The Morgan fingerprint density at radius 2 is 1.78 bits per heavy atom. The largest absolute Gasteiger partial charge is 0.486 e. The summed E-state index contributed by atoms with van der Waals surface area (Å²) in [5.74, 6) is -2.18. The number of anilines is 1. The van der Waals surface area contributed by atoms with Crippen molar-refractivity contribution in [1.29, 1.82) is 0 Å². The molecule has 0 aliphatic rings. The highest BCUT2D eigenvalue weighted by molar-refractivity contribution is 5.47. The molecule has 2 nitrogen and oxygen atoms in total. The molecular weight excluding hydrogens is 243 g/mol. The first-order valence-corrected chi connectivity index (χ1v) is 5.18. The van der Waals surface area contributed by atoms with Crippen molar-refractivity contribution in [3.63, 3.8) is 0 Å². The van der Waals surface area contributed by atoms with E-state index in [2.05, 4.69) is 0 Å². The van der Waals surface area contributed by atoms with Crippen LogP contribution in [0.3, 0.4) is 0 Å². The maximum Gasteiger partial charge on any atom is 0.165 e. The number of hydrogen-bond donors (Lipinski definition) is 1. The molecule has 0 fully saturated rings.